The van der Waals surface area contributed by atoms with Gasteiger partial charge in [-0.05, 0) is 77.0 Å². The summed E-state index contributed by atoms with van der Waals surface area (Å²) in [6, 6.07) is 0. The van der Waals surface area contributed by atoms with Crippen molar-refractivity contribution < 1.29 is 73.8 Å². The van der Waals surface area contributed by atoms with Gasteiger partial charge in [-0.1, -0.05) is 170 Å². The average Bonchev–Trinajstić information content (AvgIpc) is 3.38. The Hall–Kier alpha value is -3.32. The van der Waals surface area contributed by atoms with Gasteiger partial charge in [-0.3, -0.25) is 9.59 Å². The summed E-state index contributed by atoms with van der Waals surface area (Å²) in [5.74, 6) is -1.03. The topological polar surface area (TPSA) is 231 Å². The Bertz CT molecular complexity index is 1590. The van der Waals surface area contributed by atoms with Crippen molar-refractivity contribution in [3.8, 4) is 0 Å². The summed E-state index contributed by atoms with van der Waals surface area (Å²) in [7, 11) is 0. The van der Waals surface area contributed by atoms with Crippen LogP contribution in [0.2, 0.25) is 0 Å². The first-order valence-electron chi connectivity index (χ1n) is 27.7. The zero-order valence-electron chi connectivity index (χ0n) is 44.3. The molecule has 418 valence electrons. The molecule has 0 aromatic rings. The molecule has 0 spiro atoms. The van der Waals surface area contributed by atoms with Crippen molar-refractivity contribution in [1.29, 1.82) is 0 Å². The van der Waals surface area contributed by atoms with Crippen molar-refractivity contribution in [3.05, 3.63) is 85.1 Å². The van der Waals surface area contributed by atoms with Gasteiger partial charge in [0.25, 0.3) is 0 Å². The minimum absolute atomic E-state index is 0.0352. The molecule has 0 aromatic heterocycles. The van der Waals surface area contributed by atoms with Crippen LogP contribution in [-0.2, 0) is 38.0 Å². The van der Waals surface area contributed by atoms with E-state index in [1.807, 2.05) is 12.2 Å². The molecular weight excluding hydrogens is 937 g/mol. The Kier molecular flexibility index (Phi) is 39.5. The molecule has 0 aliphatic carbocycles. The van der Waals surface area contributed by atoms with Crippen molar-refractivity contribution in [1.82, 2.24) is 0 Å². The number of unbranched alkanes of at least 4 members (excludes halogenated alkanes) is 14. The second-order valence-corrected chi connectivity index (χ2v) is 19.0. The van der Waals surface area contributed by atoms with Gasteiger partial charge in [-0.15, -0.1) is 0 Å². The summed E-state index contributed by atoms with van der Waals surface area (Å²) >= 11 is 0. The van der Waals surface area contributed by atoms with Crippen molar-refractivity contribution in [2.75, 3.05) is 26.4 Å². The third kappa shape index (κ3) is 31.4. The van der Waals surface area contributed by atoms with Crippen LogP contribution in [-0.4, -0.2) is 142 Å². The first-order chi connectivity index (χ1) is 35.5. The Morgan fingerprint density at radius 2 is 0.890 bits per heavy atom. The second-order valence-electron chi connectivity index (χ2n) is 19.0. The lowest BCUT2D eigenvalue weighted by Gasteiger charge is -2.42. The summed E-state index contributed by atoms with van der Waals surface area (Å²) in [6.45, 7) is 2.39. The maximum Gasteiger partial charge on any atom is 0.306 e. The highest BCUT2D eigenvalue weighted by atomic mass is 16.7. The minimum Gasteiger partial charge on any atom is -0.462 e. The first kappa shape index (κ1) is 65.8. The van der Waals surface area contributed by atoms with Crippen molar-refractivity contribution >= 4 is 11.9 Å². The first-order valence-corrected chi connectivity index (χ1v) is 27.7. The fourth-order valence-electron chi connectivity index (χ4n) is 8.12. The molecule has 7 N–H and O–H groups in total. The molecule has 2 aliphatic rings. The molecule has 2 fully saturated rings. The molecule has 11 atom stereocenters. The maximum absolute atomic E-state index is 13.0. The highest BCUT2D eigenvalue weighted by Crippen LogP contribution is 2.26. The lowest BCUT2D eigenvalue weighted by atomic mass is 9.98. The van der Waals surface area contributed by atoms with Gasteiger partial charge in [0.05, 0.1) is 19.8 Å². The van der Waals surface area contributed by atoms with Crippen LogP contribution in [0.4, 0.5) is 0 Å². The molecular formula is C58H96O15. The lowest BCUT2D eigenvalue weighted by molar-refractivity contribution is -0.332. The summed E-state index contributed by atoms with van der Waals surface area (Å²) < 4.78 is 33.5. The van der Waals surface area contributed by atoms with Crippen LogP contribution in [0.15, 0.2) is 85.1 Å². The fourth-order valence-corrected chi connectivity index (χ4v) is 8.12. The van der Waals surface area contributed by atoms with E-state index in [4.69, 9.17) is 28.4 Å². The molecule has 0 radical (unpaired) electrons. The Morgan fingerprint density at radius 3 is 1.41 bits per heavy atom. The number of hydrogen-bond acceptors (Lipinski definition) is 15. The van der Waals surface area contributed by atoms with Crippen molar-refractivity contribution in [2.45, 2.75) is 242 Å². The van der Waals surface area contributed by atoms with Gasteiger partial charge in [-0.2, -0.15) is 0 Å². The Labute approximate surface area is 437 Å². The van der Waals surface area contributed by atoms with Gasteiger partial charge in [0.2, 0.25) is 0 Å². The van der Waals surface area contributed by atoms with Crippen molar-refractivity contribution in [2.24, 2.45) is 0 Å². The molecule has 15 nitrogen and oxygen atoms in total. The summed E-state index contributed by atoms with van der Waals surface area (Å²) in [4.78, 5) is 25.8. The predicted octanol–water partition coefficient (Wildman–Crippen LogP) is 8.77. The quantitative estimate of drug-likeness (QED) is 0.0172. The van der Waals surface area contributed by atoms with E-state index in [-0.39, 0.29) is 19.4 Å². The largest absolute Gasteiger partial charge is 0.462 e. The molecule has 0 amide bonds. The number of ether oxygens (including phenoxy) is 6. The van der Waals surface area contributed by atoms with E-state index in [2.05, 4.69) is 86.8 Å². The molecule has 2 heterocycles. The van der Waals surface area contributed by atoms with Gasteiger partial charge >= 0.3 is 11.9 Å². The lowest BCUT2D eigenvalue weighted by Crippen LogP contribution is -2.61. The van der Waals surface area contributed by atoms with Gasteiger partial charge < -0.3 is 64.2 Å². The highest BCUT2D eigenvalue weighted by molar-refractivity contribution is 5.70. The molecule has 11 unspecified atom stereocenters. The van der Waals surface area contributed by atoms with Crippen LogP contribution < -0.4 is 0 Å². The monoisotopic (exact) mass is 1030 g/mol. The predicted molar refractivity (Wildman–Crippen MR) is 284 cm³/mol. The van der Waals surface area contributed by atoms with E-state index in [1.54, 1.807) is 0 Å². The van der Waals surface area contributed by atoms with Gasteiger partial charge in [0, 0.05) is 12.8 Å². The summed E-state index contributed by atoms with van der Waals surface area (Å²) in [6.07, 6.45) is 37.6. The number of aliphatic hydroxyl groups is 7. The number of allylic oxidation sites excluding steroid dienone is 14. The number of carbonyl (C=O) groups excluding carboxylic acids is 2. The van der Waals surface area contributed by atoms with Crippen LogP contribution in [0.1, 0.15) is 174 Å². The molecule has 0 aromatic carbocycles. The average molecular weight is 1030 g/mol. The van der Waals surface area contributed by atoms with Crippen LogP contribution in [0.3, 0.4) is 0 Å². The number of esters is 2. The number of rotatable bonds is 42. The van der Waals surface area contributed by atoms with Crippen LogP contribution >= 0.6 is 0 Å². The molecule has 0 saturated carbocycles. The van der Waals surface area contributed by atoms with Crippen molar-refractivity contribution in [3.63, 3.8) is 0 Å². The van der Waals surface area contributed by atoms with Crippen LogP contribution in [0.5, 0.6) is 0 Å². The third-order valence-electron chi connectivity index (χ3n) is 12.6. The van der Waals surface area contributed by atoms with E-state index in [1.165, 1.54) is 64.2 Å². The van der Waals surface area contributed by atoms with Crippen LogP contribution in [0, 0.1) is 0 Å². The molecule has 15 heteroatoms. The third-order valence-corrected chi connectivity index (χ3v) is 12.6. The number of hydrogen-bond donors (Lipinski definition) is 7. The van der Waals surface area contributed by atoms with E-state index in [0.29, 0.717) is 19.3 Å². The van der Waals surface area contributed by atoms with Gasteiger partial charge in [-0.25, -0.2) is 0 Å². The smallest absolute Gasteiger partial charge is 0.306 e. The summed E-state index contributed by atoms with van der Waals surface area (Å²) in [5.41, 5.74) is 0. The molecule has 0 bridgehead atoms. The Morgan fingerprint density at radius 1 is 0.452 bits per heavy atom. The van der Waals surface area contributed by atoms with E-state index < -0.39 is 99.3 Å². The zero-order chi connectivity index (χ0) is 53.2. The molecule has 73 heavy (non-hydrogen) atoms. The maximum atomic E-state index is 13.0. The van der Waals surface area contributed by atoms with Crippen LogP contribution in [0.25, 0.3) is 0 Å². The van der Waals surface area contributed by atoms with E-state index in [0.717, 1.165) is 64.2 Å². The molecule has 2 rings (SSSR count). The standard InChI is InChI=1S/C58H96O15/c1-3-5-7-9-11-13-15-17-19-21-23-25-27-29-31-33-35-37-39-41-50(61)71-46(43-68-49(60)40-38-36-34-32-30-28-26-24-22-20-18-16-14-12-10-8-6-4-2)44-69-57-56(67)54(65)52(63)48(73-57)45-70-58-55(66)53(64)51(62)47(42-59)72-58/h5,7,11,13,17,19-20,22-23,25,29,31,35,37,46-48,51-59,62-67H,3-4,6,8-10,12,14-16,18,21,24,26-28,30,32-34,36,38-45H2,1-2H3/b7-5-,13-11-,19-17-,22-20-,25-23-,31-29-,37-35-. The SMILES string of the molecule is CC/C=C\C/C=C\C/C=C\C/C=C\C/C=C\C/C=C\CCC(=O)OC(COC(=O)CCCCCCCCC/C=C\CCCCCCCCC)COC1OC(COC2OC(CO)C(O)C(O)C2O)C(O)C(O)C1O. The Balaban J connectivity index is 1.82. The van der Waals surface area contributed by atoms with E-state index >= 15 is 0 Å². The highest BCUT2D eigenvalue weighted by Gasteiger charge is 2.47. The minimum atomic E-state index is -1.78. The fraction of sp³-hybridized carbons (Fsp3) is 0.724. The molecule has 2 aliphatic heterocycles. The normalized spacial score (nSPS) is 25.5. The molecule has 2 saturated heterocycles. The number of carbonyl (C=O) groups is 2. The van der Waals surface area contributed by atoms with Gasteiger partial charge in [0.1, 0.15) is 55.4 Å². The second kappa shape index (κ2) is 43.9. The van der Waals surface area contributed by atoms with E-state index in [9.17, 15) is 45.3 Å². The van der Waals surface area contributed by atoms with Gasteiger partial charge in [0.15, 0.2) is 18.7 Å². The number of aliphatic hydroxyl groups excluding tert-OH is 7. The summed E-state index contributed by atoms with van der Waals surface area (Å²) in [5, 5.41) is 72.2. The zero-order valence-corrected chi connectivity index (χ0v) is 44.3.